The minimum absolute atomic E-state index is 0.0668. The normalized spacial score (nSPS) is 14.2. The number of furan rings is 1. The van der Waals surface area contributed by atoms with Gasteiger partial charge in [-0.05, 0) is 36.4 Å². The number of hydrogen-bond acceptors (Lipinski definition) is 7. The number of hydrogen-bond donors (Lipinski definition) is 0. The molecule has 9 heteroatoms. The lowest BCUT2D eigenvalue weighted by Crippen LogP contribution is -2.41. The highest BCUT2D eigenvalue weighted by Crippen LogP contribution is 2.29. The van der Waals surface area contributed by atoms with Crippen molar-refractivity contribution in [1.29, 1.82) is 0 Å². The van der Waals surface area contributed by atoms with E-state index in [0.29, 0.717) is 43.0 Å². The van der Waals surface area contributed by atoms with Crippen molar-refractivity contribution in [3.8, 4) is 23.0 Å². The van der Waals surface area contributed by atoms with Crippen LogP contribution in [0.5, 0.6) is 5.75 Å². The van der Waals surface area contributed by atoms with Crippen LogP contribution in [0.4, 0.5) is 0 Å². The van der Waals surface area contributed by atoms with E-state index in [1.54, 1.807) is 19.4 Å². The van der Waals surface area contributed by atoms with Crippen LogP contribution in [0.2, 0.25) is 0 Å². The molecule has 1 aromatic carbocycles. The monoisotopic (exact) mass is 400 g/mol. The molecule has 146 valence electrons. The fraction of sp³-hybridized carbons (Fsp3) is 0.316. The van der Waals surface area contributed by atoms with Crippen molar-refractivity contribution >= 4 is 17.7 Å². The highest BCUT2D eigenvalue weighted by atomic mass is 32.2. The maximum Gasteiger partial charge on any atom is 0.233 e. The molecule has 1 fully saturated rings. The predicted octanol–water partition coefficient (Wildman–Crippen LogP) is 2.49. The highest BCUT2D eigenvalue weighted by Gasteiger charge is 2.21. The van der Waals surface area contributed by atoms with Crippen LogP contribution >= 0.6 is 11.8 Å². The molecule has 0 aliphatic carbocycles. The number of benzene rings is 1. The van der Waals surface area contributed by atoms with Crippen molar-refractivity contribution in [2.75, 3.05) is 39.2 Å². The van der Waals surface area contributed by atoms with Gasteiger partial charge in [-0.1, -0.05) is 11.8 Å². The van der Waals surface area contributed by atoms with Crippen molar-refractivity contribution in [3.63, 3.8) is 0 Å². The van der Waals surface area contributed by atoms with Crippen molar-refractivity contribution in [2.24, 2.45) is 0 Å². The molecule has 3 aromatic rings. The number of morpholine rings is 1. The summed E-state index contributed by atoms with van der Waals surface area (Å²) >= 11 is 1.36. The highest BCUT2D eigenvalue weighted by molar-refractivity contribution is 7.99. The molecule has 1 aliphatic rings. The van der Waals surface area contributed by atoms with Crippen molar-refractivity contribution < 1.29 is 18.7 Å². The van der Waals surface area contributed by atoms with Crippen molar-refractivity contribution in [2.45, 2.75) is 5.16 Å². The zero-order valence-corrected chi connectivity index (χ0v) is 16.2. The second kappa shape index (κ2) is 8.49. The SMILES string of the molecule is COc1ccc(-n2c(SCC(=O)N3CCOCC3)nnc2-c2ccco2)cc1. The number of thioether (sulfide) groups is 1. The molecule has 0 N–H and O–H groups in total. The third-order valence-corrected chi connectivity index (χ3v) is 5.31. The lowest BCUT2D eigenvalue weighted by Gasteiger charge is -2.26. The van der Waals surface area contributed by atoms with Gasteiger partial charge in [-0.3, -0.25) is 9.36 Å². The minimum atomic E-state index is 0.0668. The summed E-state index contributed by atoms with van der Waals surface area (Å²) < 4.78 is 17.9. The Bertz CT molecular complexity index is 918. The largest absolute Gasteiger partial charge is 0.497 e. The number of nitrogens with zero attached hydrogens (tertiary/aromatic N) is 4. The maximum atomic E-state index is 12.5. The molecule has 8 nitrogen and oxygen atoms in total. The van der Waals surface area contributed by atoms with E-state index in [2.05, 4.69) is 10.2 Å². The van der Waals surface area contributed by atoms with Crippen LogP contribution in [0.1, 0.15) is 0 Å². The van der Waals surface area contributed by atoms with Gasteiger partial charge < -0.3 is 18.8 Å². The summed E-state index contributed by atoms with van der Waals surface area (Å²) in [5, 5.41) is 9.21. The Kier molecular flexibility index (Phi) is 5.63. The Morgan fingerprint density at radius 3 is 2.64 bits per heavy atom. The van der Waals surface area contributed by atoms with Gasteiger partial charge in [0, 0.05) is 13.1 Å². The van der Waals surface area contributed by atoms with Crippen LogP contribution in [-0.2, 0) is 9.53 Å². The lowest BCUT2D eigenvalue weighted by molar-refractivity contribution is -0.132. The second-order valence-electron chi connectivity index (χ2n) is 6.10. The maximum absolute atomic E-state index is 12.5. The molecule has 4 rings (SSSR count). The van der Waals surface area contributed by atoms with Crippen LogP contribution in [0.3, 0.4) is 0 Å². The van der Waals surface area contributed by atoms with E-state index in [-0.39, 0.29) is 11.7 Å². The van der Waals surface area contributed by atoms with Gasteiger partial charge in [0.15, 0.2) is 10.9 Å². The van der Waals surface area contributed by atoms with Gasteiger partial charge in [-0.25, -0.2) is 0 Å². The minimum Gasteiger partial charge on any atom is -0.497 e. The smallest absolute Gasteiger partial charge is 0.233 e. The lowest BCUT2D eigenvalue weighted by atomic mass is 10.3. The van der Waals surface area contributed by atoms with Gasteiger partial charge in [-0.2, -0.15) is 0 Å². The first-order valence-corrected chi connectivity index (χ1v) is 9.87. The van der Waals surface area contributed by atoms with E-state index in [0.717, 1.165) is 11.4 Å². The Hall–Kier alpha value is -2.78. The average molecular weight is 400 g/mol. The van der Waals surface area contributed by atoms with Crippen molar-refractivity contribution in [1.82, 2.24) is 19.7 Å². The fourth-order valence-corrected chi connectivity index (χ4v) is 3.78. The van der Waals surface area contributed by atoms with Crippen LogP contribution in [0.25, 0.3) is 17.3 Å². The molecule has 0 radical (unpaired) electrons. The number of amides is 1. The first-order chi connectivity index (χ1) is 13.8. The fourth-order valence-electron chi connectivity index (χ4n) is 2.92. The average Bonchev–Trinajstić information content (AvgIpc) is 3.42. The number of carbonyl (C=O) groups excluding carboxylic acids is 1. The van der Waals surface area contributed by atoms with E-state index in [4.69, 9.17) is 13.9 Å². The Balaban J connectivity index is 1.60. The summed E-state index contributed by atoms with van der Waals surface area (Å²) in [6, 6.07) is 11.2. The molecule has 0 saturated carbocycles. The molecule has 28 heavy (non-hydrogen) atoms. The van der Waals surface area contributed by atoms with Crippen LogP contribution in [0, 0.1) is 0 Å². The van der Waals surface area contributed by atoms with Crippen LogP contribution in [0.15, 0.2) is 52.2 Å². The summed E-state index contributed by atoms with van der Waals surface area (Å²) in [7, 11) is 1.63. The Morgan fingerprint density at radius 1 is 1.18 bits per heavy atom. The van der Waals surface area contributed by atoms with Crippen molar-refractivity contribution in [3.05, 3.63) is 42.7 Å². The summed E-state index contributed by atoms with van der Waals surface area (Å²) in [6.45, 7) is 2.42. The van der Waals surface area contributed by atoms with E-state index < -0.39 is 0 Å². The third-order valence-electron chi connectivity index (χ3n) is 4.39. The molecule has 1 saturated heterocycles. The predicted molar refractivity (Wildman–Crippen MR) is 104 cm³/mol. The molecule has 0 bridgehead atoms. The quantitative estimate of drug-likeness (QED) is 0.588. The van der Waals surface area contributed by atoms with Gasteiger partial charge in [0.05, 0.1) is 38.0 Å². The molecular weight excluding hydrogens is 380 g/mol. The zero-order valence-electron chi connectivity index (χ0n) is 15.4. The number of aromatic nitrogens is 3. The van der Waals surface area contributed by atoms with E-state index in [1.807, 2.05) is 39.8 Å². The zero-order chi connectivity index (χ0) is 19.3. The van der Waals surface area contributed by atoms with Gasteiger partial charge in [0.2, 0.25) is 11.7 Å². The van der Waals surface area contributed by atoms with E-state index in [9.17, 15) is 4.79 Å². The number of methoxy groups -OCH3 is 1. The number of carbonyl (C=O) groups is 1. The van der Waals surface area contributed by atoms with E-state index >= 15 is 0 Å². The topological polar surface area (TPSA) is 82.6 Å². The second-order valence-corrected chi connectivity index (χ2v) is 7.04. The molecule has 0 spiro atoms. The van der Waals surface area contributed by atoms with Gasteiger partial charge in [0.1, 0.15) is 5.75 Å². The summed E-state index contributed by atoms with van der Waals surface area (Å²) in [5.74, 6) is 2.29. The molecule has 0 atom stereocenters. The molecule has 0 unspecified atom stereocenters. The van der Waals surface area contributed by atoms with Crippen LogP contribution in [-0.4, -0.2) is 64.7 Å². The summed E-state index contributed by atoms with van der Waals surface area (Å²) in [6.07, 6.45) is 1.59. The standard InChI is InChI=1S/C19H20N4O4S/c1-25-15-6-4-14(5-7-15)23-18(16-3-2-10-27-16)20-21-19(23)28-13-17(24)22-8-11-26-12-9-22/h2-7,10H,8-9,11-13H2,1H3. The summed E-state index contributed by atoms with van der Waals surface area (Å²) in [5.41, 5.74) is 0.860. The molecule has 1 amide bonds. The summed E-state index contributed by atoms with van der Waals surface area (Å²) in [4.78, 5) is 14.3. The Labute approximate surface area is 166 Å². The van der Waals surface area contributed by atoms with Gasteiger partial charge >= 0.3 is 0 Å². The first-order valence-electron chi connectivity index (χ1n) is 8.88. The molecule has 1 aliphatic heterocycles. The third kappa shape index (κ3) is 3.90. The Morgan fingerprint density at radius 2 is 1.96 bits per heavy atom. The van der Waals surface area contributed by atoms with Gasteiger partial charge in [-0.15, -0.1) is 10.2 Å². The molecular formula is C19H20N4O4S. The van der Waals surface area contributed by atoms with E-state index in [1.165, 1.54) is 11.8 Å². The molecule has 2 aromatic heterocycles. The number of rotatable bonds is 6. The van der Waals surface area contributed by atoms with Gasteiger partial charge in [0.25, 0.3) is 0 Å². The van der Waals surface area contributed by atoms with Crippen LogP contribution < -0.4 is 4.74 Å². The number of ether oxygens (including phenoxy) is 2. The first kappa shape index (κ1) is 18.6. The molecule has 3 heterocycles.